The van der Waals surface area contributed by atoms with Crippen LogP contribution in [0.5, 0.6) is 0 Å². The lowest BCUT2D eigenvalue weighted by Crippen LogP contribution is -2.47. The normalized spacial score (nSPS) is 23.7. The molecule has 4 rings (SSSR count). The lowest BCUT2D eigenvalue weighted by atomic mass is 9.74. The van der Waals surface area contributed by atoms with E-state index in [0.717, 1.165) is 64.2 Å². The molecule has 2 saturated heterocycles. The topological polar surface area (TPSA) is 53.1 Å². The van der Waals surface area contributed by atoms with E-state index in [1.807, 2.05) is 29.7 Å². The van der Waals surface area contributed by atoms with Gasteiger partial charge in [0.15, 0.2) is 0 Å². The monoisotopic (exact) mass is 399 g/mol. The highest BCUT2D eigenvalue weighted by atomic mass is 16.6. The lowest BCUT2D eigenvalue weighted by Gasteiger charge is -2.40. The molecule has 0 saturated carbocycles. The minimum absolute atomic E-state index is 0.0660. The Kier molecular flexibility index (Phi) is 5.56. The molecule has 29 heavy (non-hydrogen) atoms. The molecule has 0 bridgehead atoms. The van der Waals surface area contributed by atoms with Crippen LogP contribution in [-0.4, -0.2) is 67.2 Å². The number of rotatable bonds is 3. The SMILES string of the molecule is CC(=O)N1CC2(CCN(C[C@@H]3CCN(C(=O)OC(C)C)C3)CC2)c2ccccc21. The predicted octanol–water partition coefficient (Wildman–Crippen LogP) is 3.25. The fourth-order valence-electron chi connectivity index (χ4n) is 5.29. The molecule has 3 heterocycles. The number of benzene rings is 1. The van der Waals surface area contributed by atoms with Crippen molar-refractivity contribution < 1.29 is 14.3 Å². The van der Waals surface area contributed by atoms with E-state index in [1.54, 1.807) is 6.92 Å². The van der Waals surface area contributed by atoms with Crippen LogP contribution in [-0.2, 0) is 14.9 Å². The van der Waals surface area contributed by atoms with Gasteiger partial charge < -0.3 is 19.4 Å². The van der Waals surface area contributed by atoms with Gasteiger partial charge in [-0.25, -0.2) is 4.79 Å². The van der Waals surface area contributed by atoms with Gasteiger partial charge in [0.2, 0.25) is 5.91 Å². The smallest absolute Gasteiger partial charge is 0.410 e. The second-order valence-electron chi connectivity index (χ2n) is 9.24. The number of likely N-dealkylation sites (tertiary alicyclic amines) is 2. The van der Waals surface area contributed by atoms with E-state index in [2.05, 4.69) is 23.1 Å². The summed E-state index contributed by atoms with van der Waals surface area (Å²) in [6.45, 7) is 11.0. The van der Waals surface area contributed by atoms with Gasteiger partial charge >= 0.3 is 6.09 Å². The van der Waals surface area contributed by atoms with Gasteiger partial charge in [0.25, 0.3) is 0 Å². The lowest BCUT2D eigenvalue weighted by molar-refractivity contribution is -0.116. The summed E-state index contributed by atoms with van der Waals surface area (Å²) >= 11 is 0. The van der Waals surface area contributed by atoms with Gasteiger partial charge in [-0.2, -0.15) is 0 Å². The molecular formula is C23H33N3O3. The first-order valence-corrected chi connectivity index (χ1v) is 10.9. The molecule has 1 aromatic rings. The van der Waals surface area contributed by atoms with Crippen molar-refractivity contribution in [2.75, 3.05) is 44.2 Å². The second-order valence-corrected chi connectivity index (χ2v) is 9.24. The summed E-state index contributed by atoms with van der Waals surface area (Å²) in [4.78, 5) is 30.6. The Morgan fingerprint density at radius 1 is 1.17 bits per heavy atom. The highest BCUT2D eigenvalue weighted by molar-refractivity contribution is 5.94. The van der Waals surface area contributed by atoms with Crippen molar-refractivity contribution in [2.45, 2.75) is 51.6 Å². The maximum absolute atomic E-state index is 12.2. The first-order valence-electron chi connectivity index (χ1n) is 10.9. The zero-order valence-corrected chi connectivity index (χ0v) is 17.9. The molecule has 3 aliphatic rings. The molecule has 0 aliphatic carbocycles. The Bertz CT molecular complexity index is 770. The number of carbonyl (C=O) groups excluding carboxylic acids is 2. The molecule has 158 valence electrons. The van der Waals surface area contributed by atoms with Crippen LogP contribution < -0.4 is 4.90 Å². The maximum atomic E-state index is 12.2. The van der Waals surface area contributed by atoms with Crippen molar-refractivity contribution in [3.63, 3.8) is 0 Å². The molecule has 0 N–H and O–H groups in total. The number of ether oxygens (including phenoxy) is 1. The summed E-state index contributed by atoms with van der Waals surface area (Å²) in [6, 6.07) is 8.42. The van der Waals surface area contributed by atoms with Crippen molar-refractivity contribution >= 4 is 17.7 Å². The number of anilines is 1. The molecule has 1 atom stereocenters. The average molecular weight is 400 g/mol. The van der Waals surface area contributed by atoms with Crippen LogP contribution in [0.15, 0.2) is 24.3 Å². The zero-order chi connectivity index (χ0) is 20.6. The van der Waals surface area contributed by atoms with Crippen molar-refractivity contribution in [1.82, 2.24) is 9.80 Å². The van der Waals surface area contributed by atoms with Crippen LogP contribution in [0.3, 0.4) is 0 Å². The van der Waals surface area contributed by atoms with E-state index in [-0.39, 0.29) is 23.5 Å². The standard InChI is InChI=1S/C23H33N3O3/c1-17(2)29-22(28)25-11-8-19(15-25)14-24-12-9-23(10-13-24)16-26(18(3)27)21-7-5-4-6-20(21)23/h4-7,17,19H,8-16H2,1-3H3/t19-/m0/s1. The van der Waals surface area contributed by atoms with Crippen LogP contribution >= 0.6 is 0 Å². The molecule has 3 aliphatic heterocycles. The molecule has 0 unspecified atom stereocenters. The number of para-hydroxylation sites is 1. The van der Waals surface area contributed by atoms with Gasteiger partial charge in [0, 0.05) is 44.2 Å². The average Bonchev–Trinajstić information content (AvgIpc) is 3.27. The van der Waals surface area contributed by atoms with Crippen LogP contribution in [0.1, 0.15) is 45.6 Å². The van der Waals surface area contributed by atoms with Crippen LogP contribution in [0.4, 0.5) is 10.5 Å². The Balaban J connectivity index is 1.34. The number of carbonyl (C=O) groups is 2. The van der Waals surface area contributed by atoms with E-state index in [1.165, 1.54) is 5.56 Å². The minimum Gasteiger partial charge on any atom is -0.447 e. The second kappa shape index (κ2) is 7.98. The van der Waals surface area contributed by atoms with Crippen LogP contribution in [0.25, 0.3) is 0 Å². The van der Waals surface area contributed by atoms with Gasteiger partial charge in [0.05, 0.1) is 6.10 Å². The van der Waals surface area contributed by atoms with E-state index >= 15 is 0 Å². The third-order valence-corrected chi connectivity index (χ3v) is 6.82. The summed E-state index contributed by atoms with van der Waals surface area (Å²) in [5.41, 5.74) is 2.54. The van der Waals surface area contributed by atoms with Gasteiger partial charge in [-0.3, -0.25) is 4.79 Å². The first kappa shape index (κ1) is 20.2. The molecule has 6 heteroatoms. The van der Waals surface area contributed by atoms with Crippen molar-refractivity contribution in [1.29, 1.82) is 0 Å². The Hall–Kier alpha value is -2.08. The molecule has 6 nitrogen and oxygen atoms in total. The zero-order valence-electron chi connectivity index (χ0n) is 17.9. The fourth-order valence-corrected chi connectivity index (χ4v) is 5.29. The molecule has 1 aromatic carbocycles. The quantitative estimate of drug-likeness (QED) is 0.783. The number of piperidine rings is 1. The Morgan fingerprint density at radius 3 is 2.59 bits per heavy atom. The molecule has 2 fully saturated rings. The third-order valence-electron chi connectivity index (χ3n) is 6.82. The Labute approximate surface area is 173 Å². The van der Waals surface area contributed by atoms with Crippen molar-refractivity contribution in [2.24, 2.45) is 5.92 Å². The number of hydrogen-bond donors (Lipinski definition) is 0. The minimum atomic E-state index is -0.174. The summed E-state index contributed by atoms with van der Waals surface area (Å²) in [7, 11) is 0. The summed E-state index contributed by atoms with van der Waals surface area (Å²) in [6.07, 6.45) is 2.98. The Morgan fingerprint density at radius 2 is 1.90 bits per heavy atom. The largest absolute Gasteiger partial charge is 0.447 e. The van der Waals surface area contributed by atoms with Crippen LogP contribution in [0, 0.1) is 5.92 Å². The van der Waals surface area contributed by atoms with E-state index in [4.69, 9.17) is 4.74 Å². The number of hydrogen-bond acceptors (Lipinski definition) is 4. The van der Waals surface area contributed by atoms with Crippen molar-refractivity contribution in [3.8, 4) is 0 Å². The third kappa shape index (κ3) is 4.00. The molecule has 0 radical (unpaired) electrons. The number of nitrogens with zero attached hydrogens (tertiary/aromatic N) is 3. The molecule has 0 aromatic heterocycles. The van der Waals surface area contributed by atoms with E-state index in [9.17, 15) is 9.59 Å². The molecular weight excluding hydrogens is 366 g/mol. The van der Waals surface area contributed by atoms with Crippen molar-refractivity contribution in [3.05, 3.63) is 29.8 Å². The van der Waals surface area contributed by atoms with Gasteiger partial charge in [-0.15, -0.1) is 0 Å². The highest BCUT2D eigenvalue weighted by Crippen LogP contribution is 2.47. The fraction of sp³-hybridized carbons (Fsp3) is 0.652. The van der Waals surface area contributed by atoms with Gasteiger partial charge in [0.1, 0.15) is 0 Å². The summed E-state index contributed by atoms with van der Waals surface area (Å²) in [5, 5.41) is 0. The first-order chi connectivity index (χ1) is 13.9. The van der Waals surface area contributed by atoms with Crippen LogP contribution in [0.2, 0.25) is 0 Å². The predicted molar refractivity (Wildman–Crippen MR) is 113 cm³/mol. The maximum Gasteiger partial charge on any atom is 0.410 e. The van der Waals surface area contributed by atoms with E-state index in [0.29, 0.717) is 5.92 Å². The van der Waals surface area contributed by atoms with Gasteiger partial charge in [-0.05, 0) is 63.7 Å². The summed E-state index contributed by atoms with van der Waals surface area (Å²) < 4.78 is 5.34. The highest BCUT2D eigenvalue weighted by Gasteiger charge is 2.45. The van der Waals surface area contributed by atoms with E-state index < -0.39 is 0 Å². The number of amides is 2. The summed E-state index contributed by atoms with van der Waals surface area (Å²) in [5.74, 6) is 0.657. The molecule has 1 spiro atoms. The molecule has 2 amide bonds. The number of fused-ring (bicyclic) bond motifs is 2. The van der Waals surface area contributed by atoms with Gasteiger partial charge in [-0.1, -0.05) is 18.2 Å².